The van der Waals surface area contributed by atoms with E-state index in [9.17, 15) is 14.7 Å². The molecule has 0 unspecified atom stereocenters. The molecule has 0 aliphatic heterocycles. The Morgan fingerprint density at radius 1 is 1.20 bits per heavy atom. The molecule has 4 bridgehead atoms. The largest absolute Gasteiger partial charge is 0.549 e. The van der Waals surface area contributed by atoms with Crippen LogP contribution in [-0.2, 0) is 9.59 Å². The molecule has 1 atom stereocenters. The second-order valence-electron chi connectivity index (χ2n) is 7.02. The second-order valence-corrected chi connectivity index (χ2v) is 8.35. The van der Waals surface area contributed by atoms with Crippen molar-refractivity contribution in [3.8, 4) is 0 Å². The molecule has 4 aliphatic rings. The molecule has 0 heterocycles. The zero-order valence-corrected chi connectivity index (χ0v) is 12.7. The van der Waals surface area contributed by atoms with Gasteiger partial charge in [0.1, 0.15) is 0 Å². The van der Waals surface area contributed by atoms with Crippen molar-refractivity contribution in [3.05, 3.63) is 0 Å². The lowest BCUT2D eigenvalue weighted by Crippen LogP contribution is -2.60. The topological polar surface area (TPSA) is 69.2 Å². The van der Waals surface area contributed by atoms with Crippen LogP contribution < -0.4 is 10.4 Å². The average molecular weight is 296 g/mol. The highest BCUT2D eigenvalue weighted by Crippen LogP contribution is 2.55. The first-order valence-corrected chi connectivity index (χ1v) is 8.64. The zero-order valence-electron chi connectivity index (χ0n) is 11.9. The number of hydrogen-bond acceptors (Lipinski definition) is 4. The Morgan fingerprint density at radius 2 is 1.70 bits per heavy atom. The monoisotopic (exact) mass is 296 g/mol. The maximum absolute atomic E-state index is 12.1. The molecule has 4 nitrogen and oxygen atoms in total. The van der Waals surface area contributed by atoms with E-state index < -0.39 is 11.2 Å². The Labute approximate surface area is 124 Å². The van der Waals surface area contributed by atoms with Gasteiger partial charge in [-0.2, -0.15) is 0 Å². The molecule has 0 aromatic heterocycles. The number of nitrogens with one attached hydrogen (secondary N) is 1. The summed E-state index contributed by atoms with van der Waals surface area (Å²) in [4.78, 5) is 22.8. The van der Waals surface area contributed by atoms with Crippen LogP contribution in [0.15, 0.2) is 0 Å². The lowest BCUT2D eigenvalue weighted by Gasteiger charge is -2.56. The molecule has 112 valence electrons. The molecule has 4 saturated carbocycles. The number of amides is 1. The highest BCUT2D eigenvalue weighted by Gasteiger charge is 2.51. The van der Waals surface area contributed by atoms with Gasteiger partial charge in [-0.1, -0.05) is 0 Å². The predicted molar refractivity (Wildman–Crippen MR) is 76.0 cm³/mol. The van der Waals surface area contributed by atoms with Crippen LogP contribution in [0, 0.1) is 17.8 Å². The van der Waals surface area contributed by atoms with Gasteiger partial charge in [0.2, 0.25) is 5.91 Å². The molecule has 1 amide bonds. The summed E-state index contributed by atoms with van der Waals surface area (Å²) in [6.07, 6.45) is 7.45. The number of hydrogen-bond donors (Lipinski definition) is 1. The minimum absolute atomic E-state index is 0.00921. The number of carboxylic acid groups (broad SMARTS) is 1. The molecule has 4 rings (SSSR count). The van der Waals surface area contributed by atoms with Crippen molar-refractivity contribution in [2.24, 2.45) is 17.8 Å². The van der Waals surface area contributed by atoms with Gasteiger partial charge in [0, 0.05) is 10.8 Å². The average Bonchev–Trinajstić information content (AvgIpc) is 2.33. The van der Waals surface area contributed by atoms with E-state index >= 15 is 0 Å². The van der Waals surface area contributed by atoms with Gasteiger partial charge in [-0.3, -0.25) is 4.79 Å². The minimum atomic E-state index is -1.10. The van der Waals surface area contributed by atoms with Gasteiger partial charge >= 0.3 is 0 Å². The summed E-state index contributed by atoms with van der Waals surface area (Å²) in [5, 5.41) is 13.3. The zero-order chi connectivity index (χ0) is 14.3. The van der Waals surface area contributed by atoms with Crippen molar-refractivity contribution < 1.29 is 14.7 Å². The molecule has 0 aromatic carbocycles. The third-order valence-corrected chi connectivity index (χ3v) is 6.36. The Balaban J connectivity index is 1.55. The van der Waals surface area contributed by atoms with Crippen molar-refractivity contribution in [1.29, 1.82) is 0 Å². The summed E-state index contributed by atoms with van der Waals surface area (Å²) >= 11 is 1.15. The molecule has 5 heteroatoms. The van der Waals surface area contributed by atoms with Gasteiger partial charge in [0.15, 0.2) is 0 Å². The number of carbonyl (C=O) groups excluding carboxylic acids is 2. The van der Waals surface area contributed by atoms with Gasteiger partial charge in [-0.15, -0.1) is 11.8 Å². The van der Waals surface area contributed by atoms with E-state index in [1.54, 1.807) is 6.92 Å². The molecule has 0 radical (unpaired) electrons. The number of rotatable bonds is 5. The molecular weight excluding hydrogens is 274 g/mol. The van der Waals surface area contributed by atoms with Crippen LogP contribution in [0.2, 0.25) is 0 Å². The first-order valence-electron chi connectivity index (χ1n) is 7.59. The van der Waals surface area contributed by atoms with Crippen LogP contribution in [0.1, 0.15) is 45.4 Å². The summed E-state index contributed by atoms with van der Waals surface area (Å²) in [5.41, 5.74) is 0.0249. The molecule has 0 aromatic rings. The maximum Gasteiger partial charge on any atom is 0.230 e. The van der Waals surface area contributed by atoms with Crippen LogP contribution in [-0.4, -0.2) is 28.4 Å². The van der Waals surface area contributed by atoms with Crippen molar-refractivity contribution in [2.75, 3.05) is 5.75 Å². The highest BCUT2D eigenvalue weighted by molar-refractivity contribution is 8.01. The van der Waals surface area contributed by atoms with Crippen molar-refractivity contribution >= 4 is 23.6 Å². The van der Waals surface area contributed by atoms with E-state index in [0.29, 0.717) is 0 Å². The highest BCUT2D eigenvalue weighted by atomic mass is 32.2. The van der Waals surface area contributed by atoms with Crippen molar-refractivity contribution in [3.63, 3.8) is 0 Å². The third kappa shape index (κ3) is 2.83. The molecule has 1 N–H and O–H groups in total. The number of carbonyl (C=O) groups is 2. The minimum Gasteiger partial charge on any atom is -0.549 e. The molecule has 20 heavy (non-hydrogen) atoms. The van der Waals surface area contributed by atoms with Crippen LogP contribution in [0.5, 0.6) is 0 Å². The van der Waals surface area contributed by atoms with Crippen molar-refractivity contribution in [1.82, 2.24) is 5.32 Å². The van der Waals surface area contributed by atoms with Gasteiger partial charge in [0.05, 0.1) is 11.7 Å². The fourth-order valence-corrected chi connectivity index (χ4v) is 5.47. The van der Waals surface area contributed by atoms with Gasteiger partial charge in [0.25, 0.3) is 0 Å². The number of carboxylic acids is 1. The summed E-state index contributed by atoms with van der Waals surface area (Å²) in [6.45, 7) is 1.57. The standard InChI is InChI=1S/C15H23NO3S/c1-9(14(18)19)20-8-13(17)16-15-5-10-2-11(6-15)4-12(3-10)7-15/h9-12H,2-8H2,1H3,(H,16,17)(H,18,19)/p-1/t9-,10?,11?,12?,15?/m1/s1. The Bertz CT molecular complexity index is 388. The van der Waals surface area contributed by atoms with Crippen LogP contribution in [0.3, 0.4) is 0 Å². The van der Waals surface area contributed by atoms with E-state index in [2.05, 4.69) is 5.32 Å². The predicted octanol–water partition coefficient (Wildman–Crippen LogP) is 0.943. The first-order chi connectivity index (χ1) is 9.46. The summed E-state index contributed by atoms with van der Waals surface area (Å²) < 4.78 is 0. The van der Waals surface area contributed by atoms with Gasteiger partial charge in [-0.25, -0.2) is 0 Å². The smallest absolute Gasteiger partial charge is 0.230 e. The summed E-state index contributed by atoms with van der Waals surface area (Å²) in [6, 6.07) is 0. The van der Waals surface area contributed by atoms with Gasteiger partial charge < -0.3 is 15.2 Å². The third-order valence-electron chi connectivity index (χ3n) is 5.24. The Morgan fingerprint density at radius 3 is 2.15 bits per heavy atom. The fraction of sp³-hybridized carbons (Fsp3) is 0.867. The Kier molecular flexibility index (Phi) is 3.73. The summed E-state index contributed by atoms with van der Waals surface area (Å²) in [7, 11) is 0. The molecular formula is C15H22NO3S-. The molecule has 4 aliphatic carbocycles. The van der Waals surface area contributed by atoms with Crippen LogP contribution >= 0.6 is 11.8 Å². The quantitative estimate of drug-likeness (QED) is 0.820. The fourth-order valence-electron chi connectivity index (χ4n) is 4.86. The van der Waals surface area contributed by atoms with E-state index in [-0.39, 0.29) is 17.2 Å². The van der Waals surface area contributed by atoms with Crippen LogP contribution in [0.4, 0.5) is 0 Å². The second kappa shape index (κ2) is 5.24. The van der Waals surface area contributed by atoms with Crippen LogP contribution in [0.25, 0.3) is 0 Å². The van der Waals surface area contributed by atoms with E-state index in [1.165, 1.54) is 19.3 Å². The normalized spacial score (nSPS) is 39.5. The molecule has 4 fully saturated rings. The van der Waals surface area contributed by atoms with E-state index in [4.69, 9.17) is 0 Å². The molecule has 0 spiro atoms. The lowest BCUT2D eigenvalue weighted by molar-refractivity contribution is -0.304. The number of aliphatic carboxylic acids is 1. The Hall–Kier alpha value is -0.710. The summed E-state index contributed by atoms with van der Waals surface area (Å²) in [5.74, 6) is 1.52. The van der Waals surface area contributed by atoms with E-state index in [0.717, 1.165) is 48.8 Å². The molecule has 0 saturated heterocycles. The SMILES string of the molecule is C[C@@H](SCC(=O)NC12CC3CC(CC(C3)C1)C2)C(=O)[O-]. The first kappa shape index (κ1) is 14.2. The number of thioether (sulfide) groups is 1. The van der Waals surface area contributed by atoms with Gasteiger partial charge in [-0.05, 0) is 63.2 Å². The lowest BCUT2D eigenvalue weighted by atomic mass is 9.53. The maximum atomic E-state index is 12.1. The van der Waals surface area contributed by atoms with Crippen molar-refractivity contribution in [2.45, 2.75) is 56.2 Å². The van der Waals surface area contributed by atoms with E-state index in [1.807, 2.05) is 0 Å².